The van der Waals surface area contributed by atoms with Crippen molar-refractivity contribution in [1.29, 1.82) is 0 Å². The van der Waals surface area contributed by atoms with Gasteiger partial charge in [-0.2, -0.15) is 0 Å². The predicted octanol–water partition coefficient (Wildman–Crippen LogP) is 0.0489. The van der Waals surface area contributed by atoms with Crippen LogP contribution in [0.5, 0.6) is 0 Å². The van der Waals surface area contributed by atoms with Gasteiger partial charge in [-0.1, -0.05) is 13.8 Å². The number of ether oxygens (including phenoxy) is 1. The number of hydrogen-bond acceptors (Lipinski definition) is 4. The number of carbonyl (C=O) groups is 2. The van der Waals surface area contributed by atoms with Crippen LogP contribution in [-0.2, 0) is 14.3 Å². The van der Waals surface area contributed by atoms with Gasteiger partial charge in [-0.25, -0.2) is 0 Å². The third-order valence-corrected chi connectivity index (χ3v) is 3.31. The van der Waals surface area contributed by atoms with Crippen LogP contribution in [0.1, 0.15) is 26.7 Å². The number of nitrogens with two attached hydrogens (primary N) is 1. The molecule has 118 valence electrons. The molecule has 2 atom stereocenters. The largest absolute Gasteiger partial charge is 0.375 e. The first kappa shape index (κ1) is 19.1. The van der Waals surface area contributed by atoms with Gasteiger partial charge in [0.05, 0.1) is 0 Å². The molecule has 0 aromatic heterocycles. The Balaban J connectivity index is 0.00000361. The summed E-state index contributed by atoms with van der Waals surface area (Å²) >= 11 is 0. The van der Waals surface area contributed by atoms with E-state index in [-0.39, 0.29) is 42.8 Å². The van der Waals surface area contributed by atoms with Gasteiger partial charge in [0.25, 0.3) is 0 Å². The summed E-state index contributed by atoms with van der Waals surface area (Å²) in [5.74, 6) is 0.0590. The van der Waals surface area contributed by atoms with Crippen molar-refractivity contribution in [2.45, 2.75) is 38.8 Å². The zero-order chi connectivity index (χ0) is 14.4. The number of nitrogens with one attached hydrogen (secondary N) is 2. The van der Waals surface area contributed by atoms with E-state index in [2.05, 4.69) is 10.6 Å². The Labute approximate surface area is 126 Å². The number of hydrogen-bond donors (Lipinski definition) is 3. The van der Waals surface area contributed by atoms with E-state index in [0.717, 1.165) is 12.8 Å². The molecule has 2 amide bonds. The standard InChI is InChI=1S/C13H25N3O3.ClH/c1-8(2)12(16-11(17)7-19-3)13(18)15-10(6-14)9-4-5-9;/h8-10,12H,4-7,14H2,1-3H3,(H,15,18)(H,16,17);1H/t10?,12-;/m0./s1. The highest BCUT2D eigenvalue weighted by atomic mass is 35.5. The molecule has 1 rings (SSSR count). The Bertz CT molecular complexity index is 322. The quantitative estimate of drug-likeness (QED) is 0.590. The van der Waals surface area contributed by atoms with Gasteiger partial charge >= 0.3 is 0 Å². The van der Waals surface area contributed by atoms with Crippen LogP contribution in [0.25, 0.3) is 0 Å². The first-order valence-electron chi connectivity index (χ1n) is 6.78. The van der Waals surface area contributed by atoms with Gasteiger partial charge in [-0.05, 0) is 24.7 Å². The number of amides is 2. The molecule has 0 aliphatic heterocycles. The number of halogens is 1. The minimum absolute atomic E-state index is 0. The second-order valence-electron chi connectivity index (χ2n) is 5.41. The molecule has 0 bridgehead atoms. The van der Waals surface area contributed by atoms with Gasteiger partial charge in [-0.15, -0.1) is 12.4 Å². The van der Waals surface area contributed by atoms with Gasteiger partial charge in [-0.3, -0.25) is 9.59 Å². The fraction of sp³-hybridized carbons (Fsp3) is 0.846. The van der Waals surface area contributed by atoms with Crippen LogP contribution in [0.4, 0.5) is 0 Å². The molecule has 1 fully saturated rings. The molecule has 1 unspecified atom stereocenters. The fourth-order valence-corrected chi connectivity index (χ4v) is 2.02. The monoisotopic (exact) mass is 307 g/mol. The van der Waals surface area contributed by atoms with Crippen LogP contribution < -0.4 is 16.4 Å². The Kier molecular flexibility index (Phi) is 8.76. The van der Waals surface area contributed by atoms with Crippen molar-refractivity contribution in [1.82, 2.24) is 10.6 Å². The van der Waals surface area contributed by atoms with Gasteiger partial charge in [0.15, 0.2) is 0 Å². The van der Waals surface area contributed by atoms with E-state index in [1.807, 2.05) is 13.8 Å². The third-order valence-electron chi connectivity index (χ3n) is 3.31. The fourth-order valence-electron chi connectivity index (χ4n) is 2.02. The summed E-state index contributed by atoms with van der Waals surface area (Å²) in [4.78, 5) is 23.7. The molecule has 6 nitrogen and oxygen atoms in total. The molecule has 0 heterocycles. The van der Waals surface area contributed by atoms with Crippen LogP contribution in [0.3, 0.4) is 0 Å². The van der Waals surface area contributed by atoms with E-state index in [0.29, 0.717) is 12.5 Å². The summed E-state index contributed by atoms with van der Waals surface area (Å²) in [7, 11) is 1.45. The SMILES string of the molecule is COCC(=O)N[C@H](C(=O)NC(CN)C1CC1)C(C)C.Cl. The van der Waals surface area contributed by atoms with Gasteiger partial charge in [0.1, 0.15) is 12.6 Å². The van der Waals surface area contributed by atoms with E-state index >= 15 is 0 Å². The summed E-state index contributed by atoms with van der Waals surface area (Å²) in [5, 5.41) is 5.63. The van der Waals surface area contributed by atoms with Crippen LogP contribution in [0.2, 0.25) is 0 Å². The molecule has 4 N–H and O–H groups in total. The maximum absolute atomic E-state index is 12.2. The van der Waals surface area contributed by atoms with Crippen LogP contribution in [0.15, 0.2) is 0 Å². The van der Waals surface area contributed by atoms with Gasteiger partial charge in [0.2, 0.25) is 11.8 Å². The number of rotatable bonds is 8. The Morgan fingerprint density at radius 2 is 1.90 bits per heavy atom. The molecule has 1 aliphatic rings. The number of carbonyl (C=O) groups excluding carboxylic acids is 2. The van der Waals surface area contributed by atoms with E-state index in [9.17, 15) is 9.59 Å². The minimum atomic E-state index is -0.546. The highest BCUT2D eigenvalue weighted by molar-refractivity contribution is 5.88. The molecule has 0 radical (unpaired) electrons. The maximum atomic E-state index is 12.2. The molecule has 0 spiro atoms. The first-order valence-corrected chi connectivity index (χ1v) is 6.78. The van der Waals surface area contributed by atoms with Crippen LogP contribution >= 0.6 is 12.4 Å². The molecule has 20 heavy (non-hydrogen) atoms. The second kappa shape index (κ2) is 9.15. The lowest BCUT2D eigenvalue weighted by Crippen LogP contribution is -2.54. The topological polar surface area (TPSA) is 93.4 Å². The smallest absolute Gasteiger partial charge is 0.246 e. The summed E-state index contributed by atoms with van der Waals surface area (Å²) in [6.45, 7) is 4.19. The Morgan fingerprint density at radius 1 is 1.30 bits per heavy atom. The zero-order valence-corrected chi connectivity index (χ0v) is 13.2. The maximum Gasteiger partial charge on any atom is 0.246 e. The average Bonchev–Trinajstić information content (AvgIpc) is 3.16. The lowest BCUT2D eigenvalue weighted by molar-refractivity contribution is -0.132. The number of methoxy groups -OCH3 is 1. The summed E-state index contributed by atoms with van der Waals surface area (Å²) in [6, 6.07) is -0.525. The lowest BCUT2D eigenvalue weighted by atomic mass is 10.0. The van der Waals surface area contributed by atoms with Crippen molar-refractivity contribution < 1.29 is 14.3 Å². The summed E-state index contributed by atoms with van der Waals surface area (Å²) < 4.78 is 4.75. The minimum Gasteiger partial charge on any atom is -0.375 e. The molecular weight excluding hydrogens is 282 g/mol. The van der Waals surface area contributed by atoms with Crippen molar-refractivity contribution in [3.63, 3.8) is 0 Å². The average molecular weight is 308 g/mol. The van der Waals surface area contributed by atoms with Crippen LogP contribution in [0, 0.1) is 11.8 Å². The van der Waals surface area contributed by atoms with E-state index in [1.165, 1.54) is 7.11 Å². The zero-order valence-electron chi connectivity index (χ0n) is 12.3. The molecule has 1 aliphatic carbocycles. The van der Waals surface area contributed by atoms with Gasteiger partial charge < -0.3 is 21.1 Å². The van der Waals surface area contributed by atoms with Crippen LogP contribution in [-0.4, -0.2) is 44.2 Å². The van der Waals surface area contributed by atoms with Crippen molar-refractivity contribution >= 4 is 24.2 Å². The summed E-state index contributed by atoms with van der Waals surface area (Å²) in [6.07, 6.45) is 2.23. The Morgan fingerprint density at radius 3 is 2.30 bits per heavy atom. The highest BCUT2D eigenvalue weighted by Crippen LogP contribution is 2.32. The third kappa shape index (κ3) is 6.07. The molecule has 0 aromatic carbocycles. The van der Waals surface area contributed by atoms with Crippen molar-refractivity contribution in [3.05, 3.63) is 0 Å². The lowest BCUT2D eigenvalue weighted by Gasteiger charge is -2.25. The van der Waals surface area contributed by atoms with Crippen molar-refractivity contribution in [3.8, 4) is 0 Å². The second-order valence-corrected chi connectivity index (χ2v) is 5.41. The normalized spacial score (nSPS) is 17.1. The molecule has 0 saturated heterocycles. The van der Waals surface area contributed by atoms with Gasteiger partial charge in [0, 0.05) is 19.7 Å². The molecule has 0 aromatic rings. The molecule has 1 saturated carbocycles. The molecular formula is C13H26ClN3O3. The predicted molar refractivity (Wildman–Crippen MR) is 79.6 cm³/mol. The van der Waals surface area contributed by atoms with E-state index in [1.54, 1.807) is 0 Å². The van der Waals surface area contributed by atoms with E-state index < -0.39 is 6.04 Å². The van der Waals surface area contributed by atoms with Crippen molar-refractivity contribution in [2.75, 3.05) is 20.3 Å². The Hall–Kier alpha value is -0.850. The van der Waals surface area contributed by atoms with Crippen molar-refractivity contribution in [2.24, 2.45) is 17.6 Å². The first-order chi connectivity index (χ1) is 8.99. The highest BCUT2D eigenvalue weighted by Gasteiger charge is 2.33. The summed E-state index contributed by atoms with van der Waals surface area (Å²) in [5.41, 5.74) is 5.67. The van der Waals surface area contributed by atoms with E-state index in [4.69, 9.17) is 10.5 Å². The molecule has 7 heteroatoms.